The van der Waals surface area contributed by atoms with Gasteiger partial charge in [0.15, 0.2) is 0 Å². The molecule has 0 spiro atoms. The van der Waals surface area contributed by atoms with Crippen molar-refractivity contribution in [3.05, 3.63) is 17.2 Å². The Bertz CT molecular complexity index is 580. The highest BCUT2D eigenvalue weighted by Crippen LogP contribution is 2.29. The SMILES string of the molecule is Cc1nc2c(n1C1CCN(C(=O)OC(C)(C)C)CC1)CCNC2. The highest BCUT2D eigenvalue weighted by Gasteiger charge is 2.30. The minimum Gasteiger partial charge on any atom is -0.444 e. The molecule has 6 heteroatoms. The van der Waals surface area contributed by atoms with E-state index < -0.39 is 5.60 Å². The predicted octanol–water partition coefficient (Wildman–Crippen LogP) is 2.41. The number of nitrogens with zero attached hydrogens (tertiary/aromatic N) is 3. The van der Waals surface area contributed by atoms with Crippen molar-refractivity contribution in [3.8, 4) is 0 Å². The molecule has 3 heterocycles. The molecule has 1 aromatic rings. The Balaban J connectivity index is 1.66. The Kier molecular flexibility index (Phi) is 4.36. The van der Waals surface area contributed by atoms with Crippen molar-refractivity contribution in [2.24, 2.45) is 0 Å². The lowest BCUT2D eigenvalue weighted by molar-refractivity contribution is 0.0187. The van der Waals surface area contributed by atoms with Gasteiger partial charge in [0.1, 0.15) is 11.4 Å². The molecule has 0 unspecified atom stereocenters. The average molecular weight is 320 g/mol. The van der Waals surface area contributed by atoms with Crippen LogP contribution in [-0.2, 0) is 17.7 Å². The van der Waals surface area contributed by atoms with Crippen LogP contribution in [0.3, 0.4) is 0 Å². The molecule has 2 aliphatic heterocycles. The first-order valence-electron chi connectivity index (χ1n) is 8.60. The molecule has 0 aromatic carbocycles. The molecule has 0 saturated carbocycles. The first-order chi connectivity index (χ1) is 10.8. The van der Waals surface area contributed by atoms with Gasteiger partial charge in [-0.05, 0) is 40.5 Å². The zero-order chi connectivity index (χ0) is 16.6. The van der Waals surface area contributed by atoms with Gasteiger partial charge in [0.05, 0.1) is 5.69 Å². The highest BCUT2D eigenvalue weighted by molar-refractivity contribution is 5.68. The number of hydrogen-bond donors (Lipinski definition) is 1. The van der Waals surface area contributed by atoms with Gasteiger partial charge in [-0.15, -0.1) is 0 Å². The van der Waals surface area contributed by atoms with Gasteiger partial charge in [0.2, 0.25) is 0 Å². The monoisotopic (exact) mass is 320 g/mol. The molecule has 1 N–H and O–H groups in total. The third-order valence-corrected chi connectivity index (χ3v) is 4.58. The van der Waals surface area contributed by atoms with Crippen molar-refractivity contribution in [1.82, 2.24) is 19.8 Å². The summed E-state index contributed by atoms with van der Waals surface area (Å²) in [7, 11) is 0. The fraction of sp³-hybridized carbons (Fsp3) is 0.765. The summed E-state index contributed by atoms with van der Waals surface area (Å²) in [4.78, 5) is 18.7. The van der Waals surface area contributed by atoms with Gasteiger partial charge in [0, 0.05) is 44.3 Å². The van der Waals surface area contributed by atoms with Crippen LogP contribution >= 0.6 is 0 Å². The second kappa shape index (κ2) is 6.15. The number of piperidine rings is 1. The summed E-state index contributed by atoms with van der Waals surface area (Å²) in [6, 6.07) is 0.447. The van der Waals surface area contributed by atoms with Gasteiger partial charge < -0.3 is 19.5 Å². The van der Waals surface area contributed by atoms with Crippen LogP contribution in [0, 0.1) is 6.92 Å². The number of rotatable bonds is 1. The third kappa shape index (κ3) is 3.52. The zero-order valence-electron chi connectivity index (χ0n) is 14.7. The zero-order valence-corrected chi connectivity index (χ0v) is 14.7. The second-order valence-corrected chi connectivity index (χ2v) is 7.55. The summed E-state index contributed by atoms with van der Waals surface area (Å²) in [5.74, 6) is 1.11. The predicted molar refractivity (Wildman–Crippen MR) is 88.5 cm³/mol. The van der Waals surface area contributed by atoms with Crippen LogP contribution < -0.4 is 5.32 Å². The molecule has 2 aliphatic rings. The van der Waals surface area contributed by atoms with E-state index in [9.17, 15) is 4.79 Å². The molecule has 1 amide bonds. The van der Waals surface area contributed by atoms with E-state index >= 15 is 0 Å². The van der Waals surface area contributed by atoms with Gasteiger partial charge in [-0.3, -0.25) is 0 Å². The van der Waals surface area contributed by atoms with E-state index in [0.29, 0.717) is 6.04 Å². The van der Waals surface area contributed by atoms with Crippen molar-refractivity contribution >= 4 is 6.09 Å². The van der Waals surface area contributed by atoms with Crippen LogP contribution in [0.5, 0.6) is 0 Å². The molecule has 0 radical (unpaired) electrons. The third-order valence-electron chi connectivity index (χ3n) is 4.58. The summed E-state index contributed by atoms with van der Waals surface area (Å²) in [6.45, 7) is 11.2. The lowest BCUT2D eigenvalue weighted by Gasteiger charge is -2.35. The van der Waals surface area contributed by atoms with Crippen LogP contribution in [0.1, 0.15) is 56.9 Å². The van der Waals surface area contributed by atoms with E-state index in [2.05, 4.69) is 16.8 Å². The molecular weight excluding hydrogens is 292 g/mol. The number of amides is 1. The fourth-order valence-corrected chi connectivity index (χ4v) is 3.59. The van der Waals surface area contributed by atoms with Gasteiger partial charge in [-0.25, -0.2) is 9.78 Å². The Morgan fingerprint density at radius 2 is 2.00 bits per heavy atom. The topological polar surface area (TPSA) is 59.4 Å². The quantitative estimate of drug-likeness (QED) is 0.863. The number of carbonyl (C=O) groups excluding carboxylic acids is 1. The number of carbonyl (C=O) groups is 1. The Hall–Kier alpha value is -1.56. The standard InChI is InChI=1S/C17H28N4O2/c1-12-19-14-11-18-8-5-15(14)21(12)13-6-9-20(10-7-13)16(22)23-17(2,3)4/h13,18H,5-11H2,1-4H3. The van der Waals surface area contributed by atoms with Crippen LogP contribution in [-0.4, -0.2) is 45.8 Å². The molecule has 23 heavy (non-hydrogen) atoms. The Labute approximate surface area is 138 Å². The smallest absolute Gasteiger partial charge is 0.410 e. The summed E-state index contributed by atoms with van der Waals surface area (Å²) in [5, 5.41) is 3.38. The molecule has 0 atom stereocenters. The summed E-state index contributed by atoms with van der Waals surface area (Å²) in [6.07, 6.45) is 2.79. The maximum atomic E-state index is 12.2. The van der Waals surface area contributed by atoms with E-state index in [1.165, 1.54) is 11.4 Å². The van der Waals surface area contributed by atoms with Crippen molar-refractivity contribution in [1.29, 1.82) is 0 Å². The van der Waals surface area contributed by atoms with Crippen molar-refractivity contribution in [3.63, 3.8) is 0 Å². The minimum atomic E-state index is -0.430. The molecule has 1 saturated heterocycles. The normalized spacial score (nSPS) is 19.6. The lowest BCUT2D eigenvalue weighted by Crippen LogP contribution is -2.42. The van der Waals surface area contributed by atoms with E-state index in [-0.39, 0.29) is 6.09 Å². The van der Waals surface area contributed by atoms with Gasteiger partial charge in [-0.1, -0.05) is 0 Å². The van der Waals surface area contributed by atoms with Gasteiger partial charge >= 0.3 is 6.09 Å². The number of nitrogens with one attached hydrogen (secondary N) is 1. The number of aryl methyl sites for hydroxylation is 1. The van der Waals surface area contributed by atoms with Crippen LogP contribution in [0.15, 0.2) is 0 Å². The van der Waals surface area contributed by atoms with Crippen molar-refractivity contribution < 1.29 is 9.53 Å². The van der Waals surface area contributed by atoms with E-state index in [1.807, 2.05) is 25.7 Å². The highest BCUT2D eigenvalue weighted by atomic mass is 16.6. The van der Waals surface area contributed by atoms with E-state index in [4.69, 9.17) is 9.72 Å². The first-order valence-corrected chi connectivity index (χ1v) is 8.60. The number of aromatic nitrogens is 2. The van der Waals surface area contributed by atoms with Gasteiger partial charge in [-0.2, -0.15) is 0 Å². The Morgan fingerprint density at radius 3 is 2.65 bits per heavy atom. The summed E-state index contributed by atoms with van der Waals surface area (Å²) >= 11 is 0. The largest absolute Gasteiger partial charge is 0.444 e. The number of likely N-dealkylation sites (tertiary alicyclic amines) is 1. The molecule has 6 nitrogen and oxygen atoms in total. The first kappa shape index (κ1) is 16.3. The van der Waals surface area contributed by atoms with E-state index in [1.54, 1.807) is 0 Å². The molecule has 1 fully saturated rings. The number of imidazole rings is 1. The lowest BCUT2D eigenvalue weighted by atomic mass is 10.0. The van der Waals surface area contributed by atoms with Crippen LogP contribution in [0.2, 0.25) is 0 Å². The molecule has 0 aliphatic carbocycles. The van der Waals surface area contributed by atoms with Crippen molar-refractivity contribution in [2.45, 2.75) is 65.1 Å². The molecule has 0 bridgehead atoms. The molecule has 128 valence electrons. The fourth-order valence-electron chi connectivity index (χ4n) is 3.59. The van der Waals surface area contributed by atoms with Crippen molar-refractivity contribution in [2.75, 3.05) is 19.6 Å². The maximum absolute atomic E-state index is 12.2. The van der Waals surface area contributed by atoms with Gasteiger partial charge in [0.25, 0.3) is 0 Å². The minimum absolute atomic E-state index is 0.190. The maximum Gasteiger partial charge on any atom is 0.410 e. The molecular formula is C17H28N4O2. The van der Waals surface area contributed by atoms with Crippen LogP contribution in [0.25, 0.3) is 0 Å². The average Bonchev–Trinajstić information content (AvgIpc) is 2.81. The molecule has 3 rings (SSSR count). The Morgan fingerprint density at radius 1 is 1.30 bits per heavy atom. The van der Waals surface area contributed by atoms with E-state index in [0.717, 1.165) is 51.3 Å². The summed E-state index contributed by atoms with van der Waals surface area (Å²) in [5.41, 5.74) is 2.15. The number of hydrogen-bond acceptors (Lipinski definition) is 4. The number of fused-ring (bicyclic) bond motifs is 1. The summed E-state index contributed by atoms with van der Waals surface area (Å²) < 4.78 is 7.90. The van der Waals surface area contributed by atoms with Crippen LogP contribution in [0.4, 0.5) is 4.79 Å². The number of ether oxygens (including phenoxy) is 1. The second-order valence-electron chi connectivity index (χ2n) is 7.55. The molecule has 1 aromatic heterocycles.